The van der Waals surface area contributed by atoms with E-state index in [4.69, 9.17) is 15.2 Å². The van der Waals surface area contributed by atoms with Crippen molar-refractivity contribution in [3.8, 4) is 0 Å². The quantitative estimate of drug-likeness (QED) is 0.765. The minimum Gasteiger partial charge on any atom is -0.378 e. The van der Waals surface area contributed by atoms with Crippen molar-refractivity contribution >= 4 is 6.03 Å². The number of ether oxygens (including phenoxy) is 2. The first-order chi connectivity index (χ1) is 8.81. The molecule has 0 saturated carbocycles. The maximum absolute atomic E-state index is 12.2. The van der Waals surface area contributed by atoms with Crippen molar-refractivity contribution in [3.05, 3.63) is 0 Å². The number of likely N-dealkylation sites (tertiary alicyclic amines) is 1. The van der Waals surface area contributed by atoms with E-state index in [0.29, 0.717) is 39.5 Å². The number of carbonyl (C=O) groups excluding carboxylic acids is 1. The summed E-state index contributed by atoms with van der Waals surface area (Å²) in [6, 6.07) is 0.149. The molecule has 6 nitrogen and oxygen atoms in total. The van der Waals surface area contributed by atoms with Crippen LogP contribution in [-0.4, -0.2) is 74.5 Å². The zero-order valence-electron chi connectivity index (χ0n) is 10.8. The second-order valence-corrected chi connectivity index (χ2v) is 4.73. The topological polar surface area (TPSA) is 68.0 Å². The van der Waals surface area contributed by atoms with Crippen LogP contribution in [0.15, 0.2) is 0 Å². The molecule has 2 amide bonds. The van der Waals surface area contributed by atoms with E-state index in [1.807, 2.05) is 9.80 Å². The lowest BCUT2D eigenvalue weighted by Crippen LogP contribution is -2.51. The van der Waals surface area contributed by atoms with Gasteiger partial charge in [0.2, 0.25) is 0 Å². The molecule has 0 aliphatic carbocycles. The Hall–Kier alpha value is -0.850. The van der Waals surface area contributed by atoms with E-state index < -0.39 is 0 Å². The molecular weight excluding hydrogens is 234 g/mol. The van der Waals surface area contributed by atoms with Crippen molar-refractivity contribution < 1.29 is 14.3 Å². The molecule has 104 valence electrons. The van der Waals surface area contributed by atoms with Crippen LogP contribution >= 0.6 is 0 Å². The Balaban J connectivity index is 1.73. The van der Waals surface area contributed by atoms with Crippen LogP contribution in [0.1, 0.15) is 12.8 Å². The van der Waals surface area contributed by atoms with Gasteiger partial charge in [-0.15, -0.1) is 0 Å². The molecule has 18 heavy (non-hydrogen) atoms. The van der Waals surface area contributed by atoms with Crippen molar-refractivity contribution in [1.29, 1.82) is 0 Å². The number of carbonyl (C=O) groups is 1. The van der Waals surface area contributed by atoms with E-state index >= 15 is 0 Å². The average molecular weight is 257 g/mol. The number of piperidine rings is 1. The lowest BCUT2D eigenvalue weighted by molar-refractivity contribution is 0.00754. The van der Waals surface area contributed by atoms with E-state index in [2.05, 4.69) is 0 Å². The van der Waals surface area contributed by atoms with Crippen LogP contribution in [0.3, 0.4) is 0 Å². The highest BCUT2D eigenvalue weighted by Gasteiger charge is 2.27. The highest BCUT2D eigenvalue weighted by atomic mass is 16.5. The van der Waals surface area contributed by atoms with E-state index in [1.54, 1.807) is 0 Å². The van der Waals surface area contributed by atoms with Gasteiger partial charge in [-0.3, -0.25) is 0 Å². The van der Waals surface area contributed by atoms with E-state index in [0.717, 1.165) is 25.9 Å². The fourth-order valence-corrected chi connectivity index (χ4v) is 2.40. The molecule has 0 aromatic heterocycles. The summed E-state index contributed by atoms with van der Waals surface area (Å²) in [6.07, 6.45) is 2.09. The van der Waals surface area contributed by atoms with Gasteiger partial charge in [0.25, 0.3) is 0 Å². The lowest BCUT2D eigenvalue weighted by Gasteiger charge is -2.36. The number of rotatable bonds is 3. The van der Waals surface area contributed by atoms with Gasteiger partial charge in [-0.2, -0.15) is 0 Å². The van der Waals surface area contributed by atoms with Crippen LogP contribution in [0.2, 0.25) is 0 Å². The van der Waals surface area contributed by atoms with Crippen LogP contribution in [0.25, 0.3) is 0 Å². The van der Waals surface area contributed by atoms with Gasteiger partial charge >= 0.3 is 6.03 Å². The van der Waals surface area contributed by atoms with Gasteiger partial charge < -0.3 is 25.0 Å². The van der Waals surface area contributed by atoms with Crippen LogP contribution in [-0.2, 0) is 9.47 Å². The minimum atomic E-state index is 0.149. The molecule has 0 atom stereocenters. The number of amides is 2. The molecule has 2 rings (SSSR count). The predicted molar refractivity (Wildman–Crippen MR) is 67.4 cm³/mol. The van der Waals surface area contributed by atoms with Crippen molar-refractivity contribution in [3.63, 3.8) is 0 Å². The fraction of sp³-hybridized carbons (Fsp3) is 0.917. The van der Waals surface area contributed by atoms with Crippen LogP contribution < -0.4 is 5.73 Å². The zero-order valence-corrected chi connectivity index (χ0v) is 10.8. The predicted octanol–water partition coefficient (Wildman–Crippen LogP) is -0.122. The Morgan fingerprint density at radius 3 is 2.39 bits per heavy atom. The second-order valence-electron chi connectivity index (χ2n) is 4.73. The number of morpholine rings is 1. The summed E-state index contributed by atoms with van der Waals surface area (Å²) in [7, 11) is 0. The minimum absolute atomic E-state index is 0.149. The molecular formula is C12H23N3O3. The Labute approximate surface area is 108 Å². The molecule has 0 aromatic carbocycles. The Bertz CT molecular complexity index is 261. The van der Waals surface area contributed by atoms with Crippen molar-refractivity contribution in [2.75, 3.05) is 52.5 Å². The molecule has 0 spiro atoms. The normalized spacial score (nSPS) is 22.3. The van der Waals surface area contributed by atoms with Crippen molar-refractivity contribution in [1.82, 2.24) is 9.80 Å². The summed E-state index contributed by atoms with van der Waals surface area (Å²) < 4.78 is 10.9. The molecule has 6 heteroatoms. The first-order valence-corrected chi connectivity index (χ1v) is 6.74. The van der Waals surface area contributed by atoms with Crippen molar-refractivity contribution in [2.24, 2.45) is 5.73 Å². The summed E-state index contributed by atoms with van der Waals surface area (Å²) in [4.78, 5) is 16.0. The molecule has 2 fully saturated rings. The SMILES string of the molecule is NCCOC1CCN(C(=O)N2CCOCC2)CC1. The Kier molecular flexibility index (Phi) is 5.22. The summed E-state index contributed by atoms with van der Waals surface area (Å²) >= 11 is 0. The van der Waals surface area contributed by atoms with Gasteiger partial charge in [-0.05, 0) is 12.8 Å². The highest BCUT2D eigenvalue weighted by Crippen LogP contribution is 2.15. The Morgan fingerprint density at radius 1 is 1.17 bits per heavy atom. The standard InChI is InChI=1S/C12H23N3O3/c13-3-8-18-11-1-4-14(5-2-11)12(16)15-6-9-17-10-7-15/h11H,1-10,13H2. The van der Waals surface area contributed by atoms with Gasteiger partial charge in [0.05, 0.1) is 25.9 Å². The third-order valence-corrected chi connectivity index (χ3v) is 3.47. The third kappa shape index (κ3) is 3.57. The molecule has 0 radical (unpaired) electrons. The number of urea groups is 1. The summed E-state index contributed by atoms with van der Waals surface area (Å²) in [5.74, 6) is 0. The molecule has 0 unspecified atom stereocenters. The monoisotopic (exact) mass is 257 g/mol. The first-order valence-electron chi connectivity index (χ1n) is 6.74. The van der Waals surface area contributed by atoms with Gasteiger partial charge in [0, 0.05) is 32.7 Å². The average Bonchev–Trinajstić information content (AvgIpc) is 2.46. The highest BCUT2D eigenvalue weighted by molar-refractivity contribution is 5.74. The summed E-state index contributed by atoms with van der Waals surface area (Å²) in [6.45, 7) is 5.47. The van der Waals surface area contributed by atoms with E-state index in [-0.39, 0.29) is 12.1 Å². The second kappa shape index (κ2) is 6.92. The molecule has 0 aromatic rings. The van der Waals surface area contributed by atoms with Crippen LogP contribution in [0.5, 0.6) is 0 Å². The largest absolute Gasteiger partial charge is 0.378 e. The van der Waals surface area contributed by atoms with Gasteiger partial charge in [-0.25, -0.2) is 4.79 Å². The summed E-state index contributed by atoms with van der Waals surface area (Å²) in [5.41, 5.74) is 5.41. The number of hydrogen-bond donors (Lipinski definition) is 1. The zero-order chi connectivity index (χ0) is 12.8. The maximum atomic E-state index is 12.2. The first kappa shape index (κ1) is 13.6. The number of hydrogen-bond acceptors (Lipinski definition) is 4. The lowest BCUT2D eigenvalue weighted by atomic mass is 10.1. The smallest absolute Gasteiger partial charge is 0.320 e. The maximum Gasteiger partial charge on any atom is 0.320 e. The molecule has 2 aliphatic heterocycles. The fourth-order valence-electron chi connectivity index (χ4n) is 2.40. The van der Waals surface area contributed by atoms with Gasteiger partial charge in [0.1, 0.15) is 0 Å². The molecule has 2 heterocycles. The van der Waals surface area contributed by atoms with Crippen LogP contribution in [0.4, 0.5) is 4.79 Å². The van der Waals surface area contributed by atoms with Gasteiger partial charge in [-0.1, -0.05) is 0 Å². The van der Waals surface area contributed by atoms with Gasteiger partial charge in [0.15, 0.2) is 0 Å². The van der Waals surface area contributed by atoms with Crippen molar-refractivity contribution in [2.45, 2.75) is 18.9 Å². The third-order valence-electron chi connectivity index (χ3n) is 3.47. The number of nitrogens with zero attached hydrogens (tertiary/aromatic N) is 2. The van der Waals surface area contributed by atoms with E-state index in [1.165, 1.54) is 0 Å². The molecule has 2 saturated heterocycles. The van der Waals surface area contributed by atoms with E-state index in [9.17, 15) is 4.79 Å². The number of nitrogens with two attached hydrogens (primary N) is 1. The summed E-state index contributed by atoms with van der Waals surface area (Å²) in [5, 5.41) is 0. The molecule has 2 aliphatic rings. The molecule has 0 bridgehead atoms. The van der Waals surface area contributed by atoms with Crippen LogP contribution in [0, 0.1) is 0 Å². The Morgan fingerprint density at radius 2 is 1.78 bits per heavy atom. The molecule has 2 N–H and O–H groups in total.